The highest BCUT2D eigenvalue weighted by atomic mass is 32.2. The summed E-state index contributed by atoms with van der Waals surface area (Å²) in [6, 6.07) is 4.87. The van der Waals surface area contributed by atoms with Gasteiger partial charge in [0.15, 0.2) is 9.84 Å². The Morgan fingerprint density at radius 2 is 2.11 bits per heavy atom. The third-order valence-electron chi connectivity index (χ3n) is 3.59. The van der Waals surface area contributed by atoms with Gasteiger partial charge in [-0.2, -0.15) is 0 Å². The van der Waals surface area contributed by atoms with Crippen LogP contribution in [0.25, 0.3) is 0 Å². The maximum absolute atomic E-state index is 12.3. The van der Waals surface area contributed by atoms with Gasteiger partial charge in [0.25, 0.3) is 5.91 Å². The highest BCUT2D eigenvalue weighted by Gasteiger charge is 2.33. The van der Waals surface area contributed by atoms with Gasteiger partial charge in [-0.05, 0) is 37.1 Å². The summed E-state index contributed by atoms with van der Waals surface area (Å²) >= 11 is 0. The first-order chi connectivity index (χ1) is 8.80. The lowest BCUT2D eigenvalue weighted by molar-refractivity contribution is 0.0747. The van der Waals surface area contributed by atoms with Crippen LogP contribution in [0.1, 0.15) is 22.3 Å². The molecular weight excluding hydrogens is 264 g/mol. The Morgan fingerprint density at radius 1 is 1.42 bits per heavy atom. The van der Waals surface area contributed by atoms with E-state index >= 15 is 0 Å². The van der Waals surface area contributed by atoms with Gasteiger partial charge >= 0.3 is 0 Å². The van der Waals surface area contributed by atoms with Crippen molar-refractivity contribution in [2.24, 2.45) is 0 Å². The number of nitrogens with zero attached hydrogens (tertiary/aromatic N) is 1. The molecule has 5 nitrogen and oxygen atoms in total. The number of benzene rings is 1. The van der Waals surface area contributed by atoms with Crippen LogP contribution in [0.15, 0.2) is 18.2 Å². The second-order valence-electron chi connectivity index (χ2n) is 5.04. The zero-order chi connectivity index (χ0) is 14.2. The fourth-order valence-corrected chi connectivity index (χ4v) is 4.03. The average Bonchev–Trinajstić information content (AvgIpc) is 2.71. The summed E-state index contributed by atoms with van der Waals surface area (Å²) in [7, 11) is -1.33. The Hall–Kier alpha value is -1.56. The topological polar surface area (TPSA) is 80.5 Å². The number of hydrogen-bond donors (Lipinski definition) is 1. The van der Waals surface area contributed by atoms with Crippen molar-refractivity contribution in [2.75, 3.05) is 24.3 Å². The Bertz CT molecular complexity index is 610. The Labute approximate surface area is 113 Å². The maximum Gasteiger partial charge on any atom is 0.253 e. The molecule has 1 heterocycles. The first-order valence-corrected chi connectivity index (χ1v) is 7.96. The minimum absolute atomic E-state index is 0.0587. The molecule has 1 amide bonds. The lowest BCUT2D eigenvalue weighted by atomic mass is 10.1. The second-order valence-corrected chi connectivity index (χ2v) is 7.27. The van der Waals surface area contributed by atoms with Crippen LogP contribution in [0.2, 0.25) is 0 Å². The molecule has 1 fully saturated rings. The Balaban J connectivity index is 2.17. The minimum atomic E-state index is -2.98. The number of carbonyl (C=O) groups excluding carboxylic acids is 1. The smallest absolute Gasteiger partial charge is 0.253 e. The molecule has 0 radical (unpaired) electrons. The van der Waals surface area contributed by atoms with Crippen LogP contribution in [0.5, 0.6) is 0 Å². The van der Waals surface area contributed by atoms with E-state index in [-0.39, 0.29) is 23.5 Å². The molecule has 0 bridgehead atoms. The largest absolute Gasteiger partial charge is 0.399 e. The van der Waals surface area contributed by atoms with Crippen LogP contribution in [0, 0.1) is 6.92 Å². The van der Waals surface area contributed by atoms with Gasteiger partial charge in [-0.25, -0.2) is 8.42 Å². The van der Waals surface area contributed by atoms with Crippen molar-refractivity contribution in [3.05, 3.63) is 29.3 Å². The number of nitrogens with two attached hydrogens (primary N) is 1. The number of nitrogen functional groups attached to an aromatic ring is 1. The van der Waals surface area contributed by atoms with E-state index < -0.39 is 9.84 Å². The Kier molecular flexibility index (Phi) is 3.54. The molecule has 19 heavy (non-hydrogen) atoms. The van der Waals surface area contributed by atoms with Crippen LogP contribution < -0.4 is 5.73 Å². The molecule has 104 valence electrons. The van der Waals surface area contributed by atoms with Crippen LogP contribution in [0.4, 0.5) is 5.69 Å². The van der Waals surface area contributed by atoms with Gasteiger partial charge in [-0.1, -0.05) is 0 Å². The number of amides is 1. The lowest BCUT2D eigenvalue weighted by Crippen LogP contribution is -2.37. The number of rotatable bonds is 2. The minimum Gasteiger partial charge on any atom is -0.399 e. The molecule has 1 unspecified atom stereocenters. The zero-order valence-electron chi connectivity index (χ0n) is 11.1. The molecule has 1 saturated heterocycles. The van der Waals surface area contributed by atoms with Crippen molar-refractivity contribution in [3.8, 4) is 0 Å². The van der Waals surface area contributed by atoms with Gasteiger partial charge < -0.3 is 10.6 Å². The molecule has 0 aliphatic carbocycles. The summed E-state index contributed by atoms with van der Waals surface area (Å²) in [4.78, 5) is 13.8. The number of anilines is 1. The number of aryl methyl sites for hydroxylation is 1. The SMILES string of the molecule is Cc1cc(C(=O)N(C)C2CCS(=O)(=O)C2)ccc1N. The van der Waals surface area contributed by atoms with Crippen molar-refractivity contribution >= 4 is 21.4 Å². The van der Waals surface area contributed by atoms with Crippen LogP contribution in [0.3, 0.4) is 0 Å². The van der Waals surface area contributed by atoms with Crippen molar-refractivity contribution in [2.45, 2.75) is 19.4 Å². The summed E-state index contributed by atoms with van der Waals surface area (Å²) in [6.07, 6.45) is 0.512. The maximum atomic E-state index is 12.3. The third kappa shape index (κ3) is 2.89. The van der Waals surface area contributed by atoms with E-state index in [0.29, 0.717) is 17.7 Å². The van der Waals surface area contributed by atoms with E-state index in [0.717, 1.165) is 5.56 Å². The highest BCUT2D eigenvalue weighted by molar-refractivity contribution is 7.91. The molecule has 1 aromatic carbocycles. The summed E-state index contributed by atoms with van der Waals surface area (Å²) in [6.45, 7) is 1.84. The van der Waals surface area contributed by atoms with Crippen LogP contribution in [-0.4, -0.2) is 43.8 Å². The van der Waals surface area contributed by atoms with Gasteiger partial charge in [-0.3, -0.25) is 4.79 Å². The van der Waals surface area contributed by atoms with Crippen molar-refractivity contribution in [3.63, 3.8) is 0 Å². The van der Waals surface area contributed by atoms with E-state index in [1.807, 2.05) is 6.92 Å². The number of sulfone groups is 1. The zero-order valence-corrected chi connectivity index (χ0v) is 11.9. The molecule has 0 aromatic heterocycles. The van der Waals surface area contributed by atoms with Gasteiger partial charge in [0.05, 0.1) is 11.5 Å². The molecule has 2 N–H and O–H groups in total. The molecule has 1 aromatic rings. The summed E-state index contributed by atoms with van der Waals surface area (Å²) in [5.74, 6) is 0.0596. The van der Waals surface area contributed by atoms with Gasteiger partial charge in [0.2, 0.25) is 0 Å². The quantitative estimate of drug-likeness (QED) is 0.815. The van der Waals surface area contributed by atoms with Crippen molar-refractivity contribution in [1.82, 2.24) is 4.90 Å². The fourth-order valence-electron chi connectivity index (χ4n) is 2.26. The van der Waals surface area contributed by atoms with Gasteiger partial charge in [0.1, 0.15) is 0 Å². The summed E-state index contributed by atoms with van der Waals surface area (Å²) in [5.41, 5.74) is 7.75. The van der Waals surface area contributed by atoms with E-state index in [1.54, 1.807) is 25.2 Å². The predicted octanol–water partition coefficient (Wildman–Crippen LogP) is 0.836. The molecule has 1 aliphatic heterocycles. The molecule has 1 aliphatic rings. The van der Waals surface area contributed by atoms with E-state index in [2.05, 4.69) is 0 Å². The molecular formula is C13H18N2O3S. The molecule has 1 atom stereocenters. The standard InChI is InChI=1S/C13H18N2O3S/c1-9-7-10(3-4-12(9)14)13(16)15(2)11-5-6-19(17,18)8-11/h3-4,7,11H,5-6,8,14H2,1-2H3. The van der Waals surface area contributed by atoms with E-state index in [1.165, 1.54) is 4.90 Å². The lowest BCUT2D eigenvalue weighted by Gasteiger charge is -2.23. The monoisotopic (exact) mass is 282 g/mol. The second kappa shape index (κ2) is 4.85. The molecule has 6 heteroatoms. The molecule has 0 spiro atoms. The first kappa shape index (κ1) is 13.9. The van der Waals surface area contributed by atoms with Crippen molar-refractivity contribution < 1.29 is 13.2 Å². The van der Waals surface area contributed by atoms with Crippen LogP contribution in [-0.2, 0) is 9.84 Å². The summed E-state index contributed by atoms with van der Waals surface area (Å²) < 4.78 is 22.9. The van der Waals surface area contributed by atoms with Crippen molar-refractivity contribution in [1.29, 1.82) is 0 Å². The third-order valence-corrected chi connectivity index (χ3v) is 5.34. The van der Waals surface area contributed by atoms with E-state index in [9.17, 15) is 13.2 Å². The predicted molar refractivity (Wildman–Crippen MR) is 74.7 cm³/mol. The molecule has 2 rings (SSSR count). The van der Waals surface area contributed by atoms with Gasteiger partial charge in [-0.15, -0.1) is 0 Å². The van der Waals surface area contributed by atoms with Gasteiger partial charge in [0, 0.05) is 24.3 Å². The Morgan fingerprint density at radius 3 is 2.63 bits per heavy atom. The van der Waals surface area contributed by atoms with Crippen LogP contribution >= 0.6 is 0 Å². The molecule has 0 saturated carbocycles. The fraction of sp³-hybridized carbons (Fsp3) is 0.462. The number of hydrogen-bond acceptors (Lipinski definition) is 4. The number of carbonyl (C=O) groups is 1. The normalized spacial score (nSPS) is 21.3. The highest BCUT2D eigenvalue weighted by Crippen LogP contribution is 2.20. The average molecular weight is 282 g/mol. The first-order valence-electron chi connectivity index (χ1n) is 6.14. The van der Waals surface area contributed by atoms with E-state index in [4.69, 9.17) is 5.73 Å². The summed E-state index contributed by atoms with van der Waals surface area (Å²) in [5, 5.41) is 0.